The molecule has 0 unspecified atom stereocenters. The molecule has 0 radical (unpaired) electrons. The maximum absolute atomic E-state index is 13.5. The number of ether oxygens (including phenoxy) is 1. The average molecular weight is 388 g/mol. The number of aromatic nitrogens is 4. The maximum Gasteiger partial charge on any atom is 0.214 e. The Morgan fingerprint density at radius 3 is 2.71 bits per heavy atom. The summed E-state index contributed by atoms with van der Waals surface area (Å²) in [6.07, 6.45) is 4.28. The Labute approximate surface area is 164 Å². The lowest BCUT2D eigenvalue weighted by molar-refractivity contribution is -1.02. The molecule has 2 atom stereocenters. The number of nitrogens with one attached hydrogen (secondary N) is 2. The van der Waals surface area contributed by atoms with Crippen molar-refractivity contribution in [1.29, 1.82) is 0 Å². The van der Waals surface area contributed by atoms with Gasteiger partial charge in [0.25, 0.3) is 0 Å². The highest BCUT2D eigenvalue weighted by molar-refractivity contribution is 5.23. The van der Waals surface area contributed by atoms with Gasteiger partial charge >= 0.3 is 0 Å². The summed E-state index contributed by atoms with van der Waals surface area (Å²) in [6, 6.07) is 6.76. The van der Waals surface area contributed by atoms with E-state index >= 15 is 0 Å². The van der Waals surface area contributed by atoms with Gasteiger partial charge in [0.1, 0.15) is 32.0 Å². The first-order valence-electron chi connectivity index (χ1n) is 10.2. The zero-order valence-electron chi connectivity index (χ0n) is 16.2. The molecule has 8 heteroatoms. The van der Waals surface area contributed by atoms with E-state index in [1.165, 1.54) is 17.0 Å². The van der Waals surface area contributed by atoms with E-state index in [0.29, 0.717) is 6.54 Å². The number of piperazine rings is 1. The van der Waals surface area contributed by atoms with Gasteiger partial charge in [0.05, 0.1) is 19.2 Å². The SMILES string of the molecule is C=CC[NH+]1CC[NH+]([C@@H](c2ccc(F)cc2)c2nnnn2C[C@H]2CCCO2)CC1. The van der Waals surface area contributed by atoms with Crippen molar-refractivity contribution in [1.82, 2.24) is 20.2 Å². The number of hydrogen-bond donors (Lipinski definition) is 2. The molecule has 3 heterocycles. The Morgan fingerprint density at radius 2 is 2.04 bits per heavy atom. The van der Waals surface area contributed by atoms with Gasteiger partial charge in [0.15, 0.2) is 6.04 Å². The van der Waals surface area contributed by atoms with Crippen LogP contribution >= 0.6 is 0 Å². The zero-order valence-corrected chi connectivity index (χ0v) is 16.2. The van der Waals surface area contributed by atoms with Gasteiger partial charge < -0.3 is 14.5 Å². The van der Waals surface area contributed by atoms with Crippen molar-refractivity contribution < 1.29 is 18.9 Å². The summed E-state index contributed by atoms with van der Waals surface area (Å²) < 4.78 is 21.2. The quantitative estimate of drug-likeness (QED) is 0.601. The minimum Gasteiger partial charge on any atom is -0.376 e. The van der Waals surface area contributed by atoms with E-state index in [0.717, 1.165) is 63.6 Å². The molecule has 4 rings (SSSR count). The number of quaternary nitrogens is 2. The lowest BCUT2D eigenvalue weighted by atomic mass is 10.0. The molecular weight excluding hydrogens is 359 g/mol. The van der Waals surface area contributed by atoms with Gasteiger partial charge in [-0.1, -0.05) is 6.58 Å². The van der Waals surface area contributed by atoms with Gasteiger partial charge in [0.2, 0.25) is 5.82 Å². The van der Waals surface area contributed by atoms with E-state index in [1.807, 2.05) is 22.9 Å². The number of tetrazole rings is 1. The summed E-state index contributed by atoms with van der Waals surface area (Å²) in [4.78, 5) is 2.97. The molecule has 2 aliphatic rings. The van der Waals surface area contributed by atoms with Crippen LogP contribution in [-0.2, 0) is 11.3 Å². The summed E-state index contributed by atoms with van der Waals surface area (Å²) in [6.45, 7) is 10.5. The normalized spacial score (nSPS) is 26.2. The fourth-order valence-electron chi connectivity index (χ4n) is 4.37. The van der Waals surface area contributed by atoms with E-state index in [4.69, 9.17) is 4.74 Å². The number of nitrogens with zero attached hydrogens (tertiary/aromatic N) is 4. The van der Waals surface area contributed by atoms with Crippen LogP contribution in [0.1, 0.15) is 30.3 Å². The third-order valence-electron chi connectivity index (χ3n) is 5.86. The summed E-state index contributed by atoms with van der Waals surface area (Å²) in [5.41, 5.74) is 1.05. The fourth-order valence-corrected chi connectivity index (χ4v) is 4.37. The van der Waals surface area contributed by atoms with Crippen LogP contribution < -0.4 is 9.80 Å². The second kappa shape index (κ2) is 8.89. The van der Waals surface area contributed by atoms with Gasteiger partial charge in [-0.2, -0.15) is 0 Å². The first-order valence-corrected chi connectivity index (χ1v) is 10.2. The Balaban J connectivity index is 1.60. The van der Waals surface area contributed by atoms with Crippen LogP contribution in [0.25, 0.3) is 0 Å². The third-order valence-corrected chi connectivity index (χ3v) is 5.86. The Morgan fingerprint density at radius 1 is 1.25 bits per heavy atom. The molecule has 1 aromatic carbocycles. The summed E-state index contributed by atoms with van der Waals surface area (Å²) in [5.74, 6) is 0.612. The van der Waals surface area contributed by atoms with Crippen molar-refractivity contribution in [2.75, 3.05) is 39.3 Å². The Bertz CT molecular complexity index is 765. The van der Waals surface area contributed by atoms with E-state index in [2.05, 4.69) is 22.1 Å². The molecule has 2 aromatic rings. The van der Waals surface area contributed by atoms with Crippen molar-refractivity contribution in [3.8, 4) is 0 Å². The minimum absolute atomic E-state index is 0.0118. The van der Waals surface area contributed by atoms with Crippen molar-refractivity contribution in [3.63, 3.8) is 0 Å². The highest BCUT2D eigenvalue weighted by atomic mass is 19.1. The number of hydrogen-bond acceptors (Lipinski definition) is 4. The standard InChI is InChI=1S/C20H27FN6O/c1-2-9-25-10-12-26(13-11-25)19(16-5-7-17(21)8-6-16)20-22-23-24-27(20)15-18-4-3-14-28-18/h2,5-8,18-19H,1,3-4,9-15H2/p+2/t18-,19+/m1/s1. The van der Waals surface area contributed by atoms with Crippen LogP contribution in [0.4, 0.5) is 4.39 Å². The first-order chi connectivity index (χ1) is 13.7. The van der Waals surface area contributed by atoms with E-state index in [9.17, 15) is 4.39 Å². The molecule has 7 nitrogen and oxygen atoms in total. The van der Waals surface area contributed by atoms with Crippen LogP contribution in [0.2, 0.25) is 0 Å². The van der Waals surface area contributed by atoms with Gasteiger partial charge in [-0.25, -0.2) is 9.07 Å². The summed E-state index contributed by atoms with van der Waals surface area (Å²) in [7, 11) is 0. The molecule has 150 valence electrons. The van der Waals surface area contributed by atoms with Crippen LogP contribution in [0, 0.1) is 5.82 Å². The van der Waals surface area contributed by atoms with Crippen molar-refractivity contribution in [2.45, 2.75) is 31.5 Å². The maximum atomic E-state index is 13.5. The molecule has 2 aliphatic heterocycles. The van der Waals surface area contributed by atoms with E-state index in [-0.39, 0.29) is 18.0 Å². The molecular formula is C20H29FN6O+2. The lowest BCUT2D eigenvalue weighted by Crippen LogP contribution is -3.28. The smallest absolute Gasteiger partial charge is 0.214 e. The van der Waals surface area contributed by atoms with Gasteiger partial charge in [-0.05, 0) is 53.6 Å². The van der Waals surface area contributed by atoms with E-state index in [1.54, 1.807) is 4.90 Å². The highest BCUT2D eigenvalue weighted by Crippen LogP contribution is 2.20. The second-order valence-corrected chi connectivity index (χ2v) is 7.74. The fraction of sp³-hybridized carbons (Fsp3) is 0.550. The average Bonchev–Trinajstić information content (AvgIpc) is 3.38. The van der Waals surface area contributed by atoms with Crippen molar-refractivity contribution in [2.24, 2.45) is 0 Å². The van der Waals surface area contributed by atoms with Crippen LogP contribution in [0.5, 0.6) is 0 Å². The van der Waals surface area contributed by atoms with Gasteiger partial charge in [0, 0.05) is 12.2 Å². The molecule has 0 aliphatic carbocycles. The third kappa shape index (κ3) is 4.29. The molecule has 2 N–H and O–H groups in total. The predicted octanol–water partition coefficient (Wildman–Crippen LogP) is -0.950. The van der Waals surface area contributed by atoms with Crippen molar-refractivity contribution in [3.05, 3.63) is 54.1 Å². The highest BCUT2D eigenvalue weighted by Gasteiger charge is 2.35. The van der Waals surface area contributed by atoms with Crippen molar-refractivity contribution >= 4 is 0 Å². The monoisotopic (exact) mass is 388 g/mol. The van der Waals surface area contributed by atoms with Crippen LogP contribution in [-0.4, -0.2) is 65.6 Å². The molecule has 1 aromatic heterocycles. The molecule has 0 amide bonds. The van der Waals surface area contributed by atoms with Crippen LogP contribution in [0.15, 0.2) is 36.9 Å². The minimum atomic E-state index is -0.225. The van der Waals surface area contributed by atoms with Gasteiger partial charge in [-0.3, -0.25) is 0 Å². The number of halogens is 1. The lowest BCUT2D eigenvalue weighted by Gasteiger charge is -2.34. The first kappa shape index (κ1) is 19.2. The molecule has 0 saturated carbocycles. The Kier molecular flexibility index (Phi) is 6.09. The van der Waals surface area contributed by atoms with E-state index < -0.39 is 0 Å². The topological polar surface area (TPSA) is 61.7 Å². The molecule has 0 spiro atoms. The largest absolute Gasteiger partial charge is 0.376 e. The second-order valence-electron chi connectivity index (χ2n) is 7.74. The van der Waals surface area contributed by atoms with Gasteiger partial charge in [-0.15, -0.1) is 5.10 Å². The number of benzene rings is 1. The summed E-state index contributed by atoms with van der Waals surface area (Å²) >= 11 is 0. The Hall–Kier alpha value is -2.16. The molecule has 2 fully saturated rings. The molecule has 28 heavy (non-hydrogen) atoms. The molecule has 0 bridgehead atoms. The summed E-state index contributed by atoms with van der Waals surface area (Å²) in [5, 5.41) is 12.6. The molecule has 2 saturated heterocycles. The van der Waals surface area contributed by atoms with Crippen LogP contribution in [0.3, 0.4) is 0 Å². The number of rotatable bonds is 7. The zero-order chi connectivity index (χ0) is 19.3. The predicted molar refractivity (Wildman–Crippen MR) is 101 cm³/mol.